The summed E-state index contributed by atoms with van der Waals surface area (Å²) < 4.78 is 1.65. The second-order valence-electron chi connectivity index (χ2n) is 4.91. The molecule has 1 aliphatic heterocycles. The Kier molecular flexibility index (Phi) is 6.80. The van der Waals surface area contributed by atoms with Crippen molar-refractivity contribution in [2.75, 3.05) is 19.6 Å². The summed E-state index contributed by atoms with van der Waals surface area (Å²) in [5.74, 6) is 0.707. The van der Waals surface area contributed by atoms with Gasteiger partial charge in [-0.1, -0.05) is 0 Å². The smallest absolute Gasteiger partial charge is 0.254 e. The molecule has 0 spiro atoms. The zero-order valence-corrected chi connectivity index (χ0v) is 13.8. The van der Waals surface area contributed by atoms with Gasteiger partial charge in [0.25, 0.3) is 5.91 Å². The number of pyridine rings is 1. The molecule has 0 radical (unpaired) electrons. The summed E-state index contributed by atoms with van der Waals surface area (Å²) in [7, 11) is 0. The van der Waals surface area contributed by atoms with Crippen molar-refractivity contribution in [1.82, 2.24) is 25.0 Å². The van der Waals surface area contributed by atoms with E-state index in [4.69, 9.17) is 0 Å². The van der Waals surface area contributed by atoms with Crippen LogP contribution in [0.5, 0.6) is 0 Å². The van der Waals surface area contributed by atoms with E-state index in [1.54, 1.807) is 29.2 Å². The maximum absolute atomic E-state index is 12.6. The highest BCUT2D eigenvalue weighted by atomic mass is 35.5. The van der Waals surface area contributed by atoms with E-state index in [1.165, 1.54) is 0 Å². The van der Waals surface area contributed by atoms with Crippen LogP contribution in [0.4, 0.5) is 0 Å². The highest BCUT2D eigenvalue weighted by molar-refractivity contribution is 5.94. The van der Waals surface area contributed by atoms with E-state index in [1.807, 2.05) is 17.2 Å². The molecule has 6 nitrogen and oxygen atoms in total. The average Bonchev–Trinajstić information content (AvgIpc) is 3.01. The summed E-state index contributed by atoms with van der Waals surface area (Å²) in [4.78, 5) is 18.7. The monoisotopic (exact) mass is 343 g/mol. The van der Waals surface area contributed by atoms with Gasteiger partial charge in [0.05, 0.1) is 0 Å². The standard InChI is InChI=1S/C14H17N5O.2ClH/c1-11-10-15-6-8-18(11)14(20)12-3-5-16-13(9-12)19-7-2-4-17-19;;/h2-5,7,9,11,15H,6,8,10H2,1H3;2*1H/t11-;;/m0../s1. The lowest BCUT2D eigenvalue weighted by molar-refractivity contribution is 0.0655. The SMILES string of the molecule is C[C@H]1CNCCN1C(=O)c1ccnc(-n2cccn2)c1.Cl.Cl. The fourth-order valence-corrected chi connectivity index (χ4v) is 2.39. The van der Waals surface area contributed by atoms with E-state index < -0.39 is 0 Å². The molecule has 1 amide bonds. The van der Waals surface area contributed by atoms with E-state index in [2.05, 4.69) is 22.3 Å². The highest BCUT2D eigenvalue weighted by Crippen LogP contribution is 2.12. The van der Waals surface area contributed by atoms with Crippen LogP contribution < -0.4 is 5.32 Å². The van der Waals surface area contributed by atoms with Crippen LogP contribution in [0.1, 0.15) is 17.3 Å². The molecule has 0 aliphatic carbocycles. The van der Waals surface area contributed by atoms with Crippen LogP contribution in [-0.4, -0.2) is 51.2 Å². The molecule has 2 aromatic heterocycles. The number of nitrogens with one attached hydrogen (secondary N) is 1. The fourth-order valence-electron chi connectivity index (χ4n) is 2.39. The third-order valence-corrected chi connectivity index (χ3v) is 3.49. The third kappa shape index (κ3) is 3.76. The summed E-state index contributed by atoms with van der Waals surface area (Å²) in [6, 6.07) is 5.57. The maximum Gasteiger partial charge on any atom is 0.254 e. The predicted octanol–water partition coefficient (Wildman–Crippen LogP) is 1.54. The van der Waals surface area contributed by atoms with Gasteiger partial charge < -0.3 is 10.2 Å². The van der Waals surface area contributed by atoms with Gasteiger partial charge in [0, 0.05) is 49.8 Å². The van der Waals surface area contributed by atoms with Gasteiger partial charge in [-0.05, 0) is 25.1 Å². The van der Waals surface area contributed by atoms with Crippen LogP contribution in [0.3, 0.4) is 0 Å². The minimum absolute atomic E-state index is 0. The van der Waals surface area contributed by atoms with Gasteiger partial charge in [-0.3, -0.25) is 4.79 Å². The molecule has 1 aliphatic rings. The lowest BCUT2D eigenvalue weighted by Crippen LogP contribution is -2.52. The number of nitrogens with zero attached hydrogens (tertiary/aromatic N) is 4. The Bertz CT molecular complexity index is 605. The Morgan fingerprint density at radius 1 is 1.36 bits per heavy atom. The minimum Gasteiger partial charge on any atom is -0.333 e. The van der Waals surface area contributed by atoms with Crippen LogP contribution in [0, 0.1) is 0 Å². The summed E-state index contributed by atoms with van der Waals surface area (Å²) in [6.07, 6.45) is 5.15. The Labute approximate surface area is 141 Å². The molecular weight excluding hydrogens is 325 g/mol. The van der Waals surface area contributed by atoms with Crippen molar-refractivity contribution < 1.29 is 4.79 Å². The molecule has 1 atom stereocenters. The van der Waals surface area contributed by atoms with Gasteiger partial charge in [-0.15, -0.1) is 24.8 Å². The average molecular weight is 344 g/mol. The number of aromatic nitrogens is 3. The van der Waals surface area contributed by atoms with E-state index >= 15 is 0 Å². The molecule has 3 rings (SSSR count). The van der Waals surface area contributed by atoms with E-state index in [0.29, 0.717) is 11.4 Å². The highest BCUT2D eigenvalue weighted by Gasteiger charge is 2.24. The molecule has 0 aromatic carbocycles. The lowest BCUT2D eigenvalue weighted by Gasteiger charge is -2.34. The molecular formula is C14H19Cl2N5O. The molecule has 2 aromatic rings. The van der Waals surface area contributed by atoms with Gasteiger partial charge in [0.1, 0.15) is 0 Å². The number of carbonyl (C=O) groups is 1. The number of hydrogen-bond acceptors (Lipinski definition) is 4. The van der Waals surface area contributed by atoms with Gasteiger partial charge >= 0.3 is 0 Å². The fraction of sp³-hybridized carbons (Fsp3) is 0.357. The molecule has 0 bridgehead atoms. The largest absolute Gasteiger partial charge is 0.333 e. The van der Waals surface area contributed by atoms with Gasteiger partial charge in [-0.2, -0.15) is 5.10 Å². The Morgan fingerprint density at radius 2 is 2.18 bits per heavy atom. The normalized spacial score (nSPS) is 17.3. The van der Waals surface area contributed by atoms with Crippen LogP contribution in [0.2, 0.25) is 0 Å². The number of halogens is 2. The molecule has 22 heavy (non-hydrogen) atoms. The molecule has 0 saturated carbocycles. The molecule has 8 heteroatoms. The Hall–Kier alpha value is -1.63. The van der Waals surface area contributed by atoms with Crippen molar-refractivity contribution in [1.29, 1.82) is 0 Å². The number of piperazine rings is 1. The molecule has 120 valence electrons. The second-order valence-corrected chi connectivity index (χ2v) is 4.91. The number of amides is 1. The zero-order chi connectivity index (χ0) is 13.9. The van der Waals surface area contributed by atoms with Gasteiger partial charge in [0.15, 0.2) is 5.82 Å². The first-order valence-electron chi connectivity index (χ1n) is 6.73. The Balaban J connectivity index is 0.00000121. The first-order valence-corrected chi connectivity index (χ1v) is 6.73. The first-order chi connectivity index (χ1) is 9.75. The number of hydrogen-bond donors (Lipinski definition) is 1. The van der Waals surface area contributed by atoms with Crippen LogP contribution in [0.15, 0.2) is 36.8 Å². The topological polar surface area (TPSA) is 63.1 Å². The summed E-state index contributed by atoms with van der Waals surface area (Å²) in [5, 5.41) is 7.42. The van der Waals surface area contributed by atoms with Crippen LogP contribution in [0.25, 0.3) is 5.82 Å². The van der Waals surface area contributed by atoms with Crippen LogP contribution >= 0.6 is 24.8 Å². The van der Waals surface area contributed by atoms with Gasteiger partial charge in [-0.25, -0.2) is 9.67 Å². The van der Waals surface area contributed by atoms with Crippen molar-refractivity contribution >= 4 is 30.7 Å². The second kappa shape index (κ2) is 8.12. The quantitative estimate of drug-likeness (QED) is 0.898. The Morgan fingerprint density at radius 3 is 2.86 bits per heavy atom. The lowest BCUT2D eigenvalue weighted by atomic mass is 10.1. The molecule has 3 heterocycles. The van der Waals surface area contributed by atoms with Crippen molar-refractivity contribution in [2.24, 2.45) is 0 Å². The number of carbonyl (C=O) groups excluding carboxylic acids is 1. The van der Waals surface area contributed by atoms with Crippen molar-refractivity contribution in [2.45, 2.75) is 13.0 Å². The summed E-state index contributed by atoms with van der Waals surface area (Å²) >= 11 is 0. The molecule has 1 saturated heterocycles. The van der Waals surface area contributed by atoms with Crippen molar-refractivity contribution in [3.05, 3.63) is 42.4 Å². The number of rotatable bonds is 2. The van der Waals surface area contributed by atoms with Crippen LogP contribution in [-0.2, 0) is 0 Å². The van der Waals surface area contributed by atoms with Crippen molar-refractivity contribution in [3.63, 3.8) is 0 Å². The molecule has 1 fully saturated rings. The van der Waals surface area contributed by atoms with Gasteiger partial charge in [0.2, 0.25) is 0 Å². The minimum atomic E-state index is 0. The zero-order valence-electron chi connectivity index (χ0n) is 12.2. The summed E-state index contributed by atoms with van der Waals surface area (Å²) in [6.45, 7) is 4.47. The first kappa shape index (κ1) is 18.4. The van der Waals surface area contributed by atoms with E-state index in [0.717, 1.165) is 19.6 Å². The predicted molar refractivity (Wildman–Crippen MR) is 89.2 cm³/mol. The summed E-state index contributed by atoms with van der Waals surface area (Å²) in [5.41, 5.74) is 0.652. The van der Waals surface area contributed by atoms with Crippen molar-refractivity contribution in [3.8, 4) is 5.82 Å². The molecule has 1 N–H and O–H groups in total. The molecule has 0 unspecified atom stereocenters. The maximum atomic E-state index is 12.6. The van der Waals surface area contributed by atoms with E-state index in [9.17, 15) is 4.79 Å². The third-order valence-electron chi connectivity index (χ3n) is 3.49. The van der Waals surface area contributed by atoms with E-state index in [-0.39, 0.29) is 36.8 Å².